The summed E-state index contributed by atoms with van der Waals surface area (Å²) in [6.45, 7) is 1.81. The molecule has 1 amide bonds. The van der Waals surface area contributed by atoms with Gasteiger partial charge < -0.3 is 10.1 Å². The maximum atomic E-state index is 13.6. The van der Waals surface area contributed by atoms with E-state index < -0.39 is 28.7 Å². The van der Waals surface area contributed by atoms with E-state index in [1.165, 1.54) is 25.3 Å². The van der Waals surface area contributed by atoms with E-state index in [1.807, 2.05) is 19.1 Å². The van der Waals surface area contributed by atoms with Crippen LogP contribution < -0.4 is 21.3 Å². The molecule has 1 aromatic heterocycles. The van der Waals surface area contributed by atoms with Crippen LogP contribution in [0, 0.1) is 12.7 Å². The van der Waals surface area contributed by atoms with Crippen molar-refractivity contribution in [1.29, 1.82) is 0 Å². The van der Waals surface area contributed by atoms with E-state index >= 15 is 0 Å². The van der Waals surface area contributed by atoms with Gasteiger partial charge in [0.15, 0.2) is 0 Å². The molecule has 0 saturated carbocycles. The van der Waals surface area contributed by atoms with Crippen LogP contribution in [0.4, 0.5) is 10.1 Å². The fourth-order valence-electron chi connectivity index (χ4n) is 3.40. The van der Waals surface area contributed by atoms with Crippen LogP contribution in [0.3, 0.4) is 0 Å². The van der Waals surface area contributed by atoms with Gasteiger partial charge in [-0.1, -0.05) is 30.3 Å². The number of carbonyl (C=O) groups is 1. The van der Waals surface area contributed by atoms with Crippen LogP contribution >= 0.6 is 0 Å². The Morgan fingerprint density at radius 3 is 2.44 bits per heavy atom. The molecule has 0 unspecified atom stereocenters. The Hall–Kier alpha value is -4.53. The zero-order valence-electron chi connectivity index (χ0n) is 18.5. The molecule has 0 aliphatic rings. The highest BCUT2D eigenvalue weighted by Gasteiger charge is 2.21. The lowest BCUT2D eigenvalue weighted by Gasteiger charge is -2.13. The average Bonchev–Trinajstić information content (AvgIpc) is 2.83. The summed E-state index contributed by atoms with van der Waals surface area (Å²) in [6.07, 6.45) is 0. The molecule has 1 N–H and O–H groups in total. The number of amides is 1. The van der Waals surface area contributed by atoms with Gasteiger partial charge in [-0.05, 0) is 60.5 Å². The van der Waals surface area contributed by atoms with Gasteiger partial charge >= 0.3 is 5.69 Å². The molecule has 3 aromatic carbocycles. The summed E-state index contributed by atoms with van der Waals surface area (Å²) in [5.41, 5.74) is 0.0435. The lowest BCUT2D eigenvalue weighted by molar-refractivity contribution is 0.101. The third-order valence-corrected chi connectivity index (χ3v) is 5.26. The minimum atomic E-state index is -0.864. The number of ether oxygens (including phenoxy) is 1. The Morgan fingerprint density at radius 1 is 1.03 bits per heavy atom. The van der Waals surface area contributed by atoms with Crippen molar-refractivity contribution in [3.8, 4) is 11.4 Å². The van der Waals surface area contributed by atoms with Gasteiger partial charge in [-0.2, -0.15) is 9.78 Å². The van der Waals surface area contributed by atoms with Crippen LogP contribution in [0.1, 0.15) is 21.6 Å². The number of halogens is 1. The number of nitrogens with zero attached hydrogens (tertiary/aromatic N) is 3. The zero-order chi connectivity index (χ0) is 24.2. The lowest BCUT2D eigenvalue weighted by atomic mass is 10.1. The molecule has 0 radical (unpaired) electrons. The maximum absolute atomic E-state index is 13.6. The van der Waals surface area contributed by atoms with Gasteiger partial charge in [0.25, 0.3) is 11.5 Å². The second-order valence-corrected chi connectivity index (χ2v) is 7.52. The predicted molar refractivity (Wildman–Crippen MR) is 125 cm³/mol. The van der Waals surface area contributed by atoms with E-state index in [-0.39, 0.29) is 12.2 Å². The number of anilines is 1. The molecule has 0 fully saturated rings. The highest BCUT2D eigenvalue weighted by molar-refractivity contribution is 6.02. The molecule has 4 aromatic rings. The first kappa shape index (κ1) is 22.7. The van der Waals surface area contributed by atoms with E-state index in [4.69, 9.17) is 4.74 Å². The second-order valence-electron chi connectivity index (χ2n) is 7.52. The van der Waals surface area contributed by atoms with Crippen LogP contribution in [-0.4, -0.2) is 27.4 Å². The lowest BCUT2D eigenvalue weighted by Crippen LogP contribution is -2.45. The minimum absolute atomic E-state index is 0.0523. The number of rotatable bonds is 6. The molecular weight excluding hydrogens is 439 g/mol. The maximum Gasteiger partial charge on any atom is 0.352 e. The number of benzene rings is 3. The molecule has 8 nitrogen and oxygen atoms in total. The summed E-state index contributed by atoms with van der Waals surface area (Å²) in [5, 5.41) is 6.53. The van der Waals surface area contributed by atoms with Crippen molar-refractivity contribution in [1.82, 2.24) is 14.3 Å². The number of aryl methyl sites for hydroxylation is 1. The number of nitrogens with one attached hydrogen (secondary N) is 1. The number of hydrogen-bond donors (Lipinski definition) is 1. The van der Waals surface area contributed by atoms with Gasteiger partial charge in [-0.3, -0.25) is 14.2 Å². The molecule has 0 saturated heterocycles. The molecule has 0 aliphatic heterocycles. The third kappa shape index (κ3) is 4.63. The quantitative estimate of drug-likeness (QED) is 0.477. The monoisotopic (exact) mass is 460 g/mol. The molecule has 0 bridgehead atoms. The Bertz CT molecular complexity index is 1480. The van der Waals surface area contributed by atoms with Crippen LogP contribution in [-0.2, 0) is 6.54 Å². The normalized spacial score (nSPS) is 10.7. The summed E-state index contributed by atoms with van der Waals surface area (Å²) >= 11 is 0. The van der Waals surface area contributed by atoms with Gasteiger partial charge in [0.1, 0.15) is 11.6 Å². The van der Waals surface area contributed by atoms with Crippen molar-refractivity contribution in [2.24, 2.45) is 0 Å². The highest BCUT2D eigenvalue weighted by Crippen LogP contribution is 2.14. The van der Waals surface area contributed by atoms with E-state index in [2.05, 4.69) is 10.4 Å². The van der Waals surface area contributed by atoms with Crippen LogP contribution in [0.2, 0.25) is 0 Å². The van der Waals surface area contributed by atoms with E-state index in [9.17, 15) is 18.8 Å². The first-order chi connectivity index (χ1) is 16.4. The largest absolute Gasteiger partial charge is 0.497 e. The van der Waals surface area contributed by atoms with E-state index in [1.54, 1.807) is 36.4 Å². The number of carbonyl (C=O) groups excluding carboxylic acids is 1. The number of hydrogen-bond acceptors (Lipinski definition) is 5. The van der Waals surface area contributed by atoms with Crippen LogP contribution in [0.15, 0.2) is 82.4 Å². The van der Waals surface area contributed by atoms with Crippen molar-refractivity contribution >= 4 is 11.6 Å². The summed E-state index contributed by atoms with van der Waals surface area (Å²) in [4.78, 5) is 39.5. The van der Waals surface area contributed by atoms with E-state index in [0.29, 0.717) is 11.4 Å². The van der Waals surface area contributed by atoms with Crippen LogP contribution in [0.25, 0.3) is 5.69 Å². The Labute approximate surface area is 193 Å². The summed E-state index contributed by atoms with van der Waals surface area (Å²) < 4.78 is 20.6. The molecular formula is C25H21FN4O4. The standard InChI is InChI=1S/C25H21FN4O4/c1-16-6-3-4-7-17(16)15-29-24(32)22(23(31)27-19-9-5-8-18(26)14-19)28-30(25(29)33)20-10-12-21(34-2)13-11-20/h3-14H,15H2,1-2H3,(H,27,31). The average molecular weight is 460 g/mol. The van der Waals surface area contributed by atoms with Crippen molar-refractivity contribution in [3.05, 3.63) is 116 Å². The molecule has 1 heterocycles. The Morgan fingerprint density at radius 2 is 1.76 bits per heavy atom. The Kier molecular flexibility index (Phi) is 6.35. The first-order valence-corrected chi connectivity index (χ1v) is 10.4. The third-order valence-electron chi connectivity index (χ3n) is 5.26. The van der Waals surface area contributed by atoms with Gasteiger partial charge in [0.2, 0.25) is 5.69 Å². The predicted octanol–water partition coefficient (Wildman–Crippen LogP) is 3.15. The van der Waals surface area contributed by atoms with Crippen molar-refractivity contribution in [2.45, 2.75) is 13.5 Å². The fraction of sp³-hybridized carbons (Fsp3) is 0.120. The van der Waals surface area contributed by atoms with Crippen LogP contribution in [0.5, 0.6) is 5.75 Å². The second kappa shape index (κ2) is 9.53. The molecule has 4 rings (SSSR count). The van der Waals surface area contributed by atoms with Gasteiger partial charge in [-0.25, -0.2) is 9.18 Å². The van der Waals surface area contributed by atoms with Gasteiger partial charge in [0, 0.05) is 5.69 Å². The van der Waals surface area contributed by atoms with Crippen molar-refractivity contribution in [2.75, 3.05) is 12.4 Å². The zero-order valence-corrected chi connectivity index (χ0v) is 18.5. The molecule has 9 heteroatoms. The molecule has 0 atom stereocenters. The summed E-state index contributed by atoms with van der Waals surface area (Å²) in [7, 11) is 1.51. The van der Waals surface area contributed by atoms with Gasteiger partial charge in [-0.15, -0.1) is 0 Å². The SMILES string of the molecule is COc1ccc(-n2nc(C(=O)Nc3cccc(F)c3)c(=O)n(Cc3ccccc3C)c2=O)cc1. The smallest absolute Gasteiger partial charge is 0.352 e. The van der Waals surface area contributed by atoms with E-state index in [0.717, 1.165) is 26.4 Å². The van der Waals surface area contributed by atoms with Gasteiger partial charge in [0.05, 0.1) is 19.3 Å². The van der Waals surface area contributed by atoms with Crippen molar-refractivity contribution < 1.29 is 13.9 Å². The molecule has 0 aliphatic carbocycles. The molecule has 0 spiro atoms. The molecule has 172 valence electrons. The number of methoxy groups -OCH3 is 1. The number of aromatic nitrogens is 3. The fourth-order valence-corrected chi connectivity index (χ4v) is 3.40. The minimum Gasteiger partial charge on any atom is -0.497 e. The summed E-state index contributed by atoms with van der Waals surface area (Å²) in [6, 6.07) is 19.0. The summed E-state index contributed by atoms with van der Waals surface area (Å²) in [5.74, 6) is -0.851. The molecule has 34 heavy (non-hydrogen) atoms. The first-order valence-electron chi connectivity index (χ1n) is 10.4. The highest BCUT2D eigenvalue weighted by atomic mass is 19.1. The Balaban J connectivity index is 1.86. The topological polar surface area (TPSA) is 95.2 Å². The van der Waals surface area contributed by atoms with Crippen molar-refractivity contribution in [3.63, 3.8) is 0 Å².